The molecule has 3 nitrogen and oxygen atoms in total. The highest BCUT2D eigenvalue weighted by Gasteiger charge is 2.18. The summed E-state index contributed by atoms with van der Waals surface area (Å²) in [4.78, 5) is 12.3. The minimum Gasteiger partial charge on any atom is -0.461 e. The van der Waals surface area contributed by atoms with Gasteiger partial charge >= 0.3 is 5.97 Å². The van der Waals surface area contributed by atoms with E-state index in [0.717, 1.165) is 0 Å². The Morgan fingerprint density at radius 1 is 0.475 bits per heavy atom. The number of likely N-dealkylation sites (N-methyl/N-ethyl adjacent to an activating group) is 1. The number of unbranched alkanes of at least 4 members (excludes halogenated alkanes) is 24. The van der Waals surface area contributed by atoms with Crippen molar-refractivity contribution in [1.82, 2.24) is 0 Å². The van der Waals surface area contributed by atoms with Crippen LogP contribution in [0.2, 0.25) is 0 Å². The summed E-state index contributed by atoms with van der Waals surface area (Å²) in [5, 5.41) is 0. The third kappa shape index (κ3) is 32.0. The number of hydrogen-bond acceptors (Lipinski definition) is 2. The molecule has 0 radical (unpaired) electrons. The quantitative estimate of drug-likeness (QED) is 0.0460. The standard InChI is InChI=1S/C37H76NO2/c1-6-8-10-12-14-16-18-20-21-23-25-27-29-31-33-36(35-40-37(39)34-38(3,4)5)32-30-28-26-24-22-19-17-15-13-11-9-7-2/h36H,6-35H2,1-5H3/q+1. The van der Waals surface area contributed by atoms with Crippen molar-refractivity contribution in [3.63, 3.8) is 0 Å². The van der Waals surface area contributed by atoms with Crippen molar-refractivity contribution in [2.24, 2.45) is 5.92 Å². The lowest BCUT2D eigenvalue weighted by molar-refractivity contribution is -0.862. The van der Waals surface area contributed by atoms with Gasteiger partial charge in [0.25, 0.3) is 0 Å². The molecule has 0 amide bonds. The van der Waals surface area contributed by atoms with Crippen molar-refractivity contribution in [2.45, 2.75) is 194 Å². The molecule has 0 aliphatic carbocycles. The van der Waals surface area contributed by atoms with E-state index in [1.165, 1.54) is 180 Å². The van der Waals surface area contributed by atoms with Gasteiger partial charge in [0.15, 0.2) is 6.54 Å². The molecule has 0 aromatic rings. The predicted molar refractivity (Wildman–Crippen MR) is 178 cm³/mol. The molecular formula is C37H76NO2+. The van der Waals surface area contributed by atoms with E-state index < -0.39 is 0 Å². The highest BCUT2D eigenvalue weighted by Crippen LogP contribution is 2.21. The van der Waals surface area contributed by atoms with Crippen LogP contribution >= 0.6 is 0 Å². The summed E-state index contributed by atoms with van der Waals surface area (Å²) in [5.41, 5.74) is 0. The van der Waals surface area contributed by atoms with Crippen LogP contribution in [0.3, 0.4) is 0 Å². The first-order valence-corrected chi connectivity index (χ1v) is 18.3. The van der Waals surface area contributed by atoms with Crippen molar-refractivity contribution in [2.75, 3.05) is 34.3 Å². The largest absolute Gasteiger partial charge is 0.461 e. The van der Waals surface area contributed by atoms with E-state index in [9.17, 15) is 4.79 Å². The first-order chi connectivity index (χ1) is 19.4. The summed E-state index contributed by atoms with van der Waals surface area (Å²) in [6.07, 6.45) is 38.9. The fourth-order valence-corrected chi connectivity index (χ4v) is 5.86. The van der Waals surface area contributed by atoms with Crippen LogP contribution in [-0.2, 0) is 9.53 Å². The van der Waals surface area contributed by atoms with Crippen LogP contribution in [0.4, 0.5) is 0 Å². The molecule has 240 valence electrons. The zero-order chi connectivity index (χ0) is 29.6. The monoisotopic (exact) mass is 567 g/mol. The zero-order valence-electron chi connectivity index (χ0n) is 28.6. The normalized spacial score (nSPS) is 12.6. The third-order valence-corrected chi connectivity index (χ3v) is 8.52. The predicted octanol–water partition coefficient (Wildman–Crippen LogP) is 11.8. The molecule has 0 saturated carbocycles. The van der Waals surface area contributed by atoms with Gasteiger partial charge in [0, 0.05) is 0 Å². The smallest absolute Gasteiger partial charge is 0.361 e. The second kappa shape index (κ2) is 29.9. The van der Waals surface area contributed by atoms with E-state index in [-0.39, 0.29) is 5.97 Å². The number of esters is 1. The Morgan fingerprint density at radius 3 is 1.02 bits per heavy atom. The van der Waals surface area contributed by atoms with E-state index in [0.29, 0.717) is 23.6 Å². The van der Waals surface area contributed by atoms with Crippen LogP contribution in [0, 0.1) is 5.92 Å². The topological polar surface area (TPSA) is 26.3 Å². The second-order valence-electron chi connectivity index (χ2n) is 14.1. The molecule has 0 aromatic heterocycles. The van der Waals surface area contributed by atoms with Crippen molar-refractivity contribution in [3.8, 4) is 0 Å². The van der Waals surface area contributed by atoms with Crippen LogP contribution in [0.25, 0.3) is 0 Å². The number of nitrogens with zero attached hydrogens (tertiary/aromatic N) is 1. The maximum Gasteiger partial charge on any atom is 0.361 e. The van der Waals surface area contributed by atoms with Gasteiger partial charge in [-0.05, 0) is 18.8 Å². The molecule has 0 aromatic carbocycles. The number of rotatable bonds is 32. The molecule has 40 heavy (non-hydrogen) atoms. The molecule has 0 rings (SSSR count). The van der Waals surface area contributed by atoms with Gasteiger partial charge in [-0.15, -0.1) is 0 Å². The van der Waals surface area contributed by atoms with Crippen LogP contribution in [0.5, 0.6) is 0 Å². The maximum atomic E-state index is 12.3. The SMILES string of the molecule is CCCCCCCCCCCCCCCCC(CCCCCCCCCCCCCC)COC(=O)C[N+](C)(C)C. The Bertz CT molecular complexity index is 513. The fraction of sp³-hybridized carbons (Fsp3) is 0.973. The molecule has 0 N–H and O–H groups in total. The van der Waals surface area contributed by atoms with Crippen molar-refractivity contribution in [1.29, 1.82) is 0 Å². The van der Waals surface area contributed by atoms with Gasteiger partial charge < -0.3 is 9.22 Å². The summed E-state index contributed by atoms with van der Waals surface area (Å²) < 4.78 is 6.39. The molecule has 0 aliphatic rings. The van der Waals surface area contributed by atoms with E-state index >= 15 is 0 Å². The lowest BCUT2D eigenvalue weighted by Crippen LogP contribution is -2.40. The van der Waals surface area contributed by atoms with Gasteiger partial charge in [0.05, 0.1) is 27.7 Å². The highest BCUT2D eigenvalue weighted by atomic mass is 16.5. The van der Waals surface area contributed by atoms with Crippen LogP contribution < -0.4 is 0 Å². The van der Waals surface area contributed by atoms with Gasteiger partial charge in [-0.2, -0.15) is 0 Å². The summed E-state index contributed by atoms with van der Waals surface area (Å²) in [6.45, 7) is 5.69. The third-order valence-electron chi connectivity index (χ3n) is 8.52. The van der Waals surface area contributed by atoms with Gasteiger partial charge in [-0.1, -0.05) is 181 Å². The van der Waals surface area contributed by atoms with E-state index in [4.69, 9.17) is 4.74 Å². The van der Waals surface area contributed by atoms with Crippen LogP contribution in [-0.4, -0.2) is 44.7 Å². The molecule has 0 fully saturated rings. The Kier molecular flexibility index (Phi) is 29.5. The average molecular weight is 567 g/mol. The lowest BCUT2D eigenvalue weighted by atomic mass is 9.94. The Morgan fingerprint density at radius 2 is 0.750 bits per heavy atom. The van der Waals surface area contributed by atoms with E-state index in [1.807, 2.05) is 0 Å². The number of carbonyl (C=O) groups excluding carboxylic acids is 1. The van der Waals surface area contributed by atoms with E-state index in [2.05, 4.69) is 35.0 Å². The second-order valence-corrected chi connectivity index (χ2v) is 14.1. The van der Waals surface area contributed by atoms with Crippen molar-refractivity contribution >= 4 is 5.97 Å². The van der Waals surface area contributed by atoms with Crippen LogP contribution in [0.1, 0.15) is 194 Å². The Hall–Kier alpha value is -0.570. The van der Waals surface area contributed by atoms with Gasteiger partial charge in [-0.25, -0.2) is 4.79 Å². The van der Waals surface area contributed by atoms with Gasteiger partial charge in [0.1, 0.15) is 0 Å². The molecule has 0 spiro atoms. The van der Waals surface area contributed by atoms with Crippen LogP contribution in [0.15, 0.2) is 0 Å². The molecule has 1 atom stereocenters. The minimum absolute atomic E-state index is 0.0341. The summed E-state index contributed by atoms with van der Waals surface area (Å²) in [5.74, 6) is 0.519. The molecule has 1 unspecified atom stereocenters. The zero-order valence-corrected chi connectivity index (χ0v) is 28.6. The molecular weight excluding hydrogens is 490 g/mol. The van der Waals surface area contributed by atoms with Crippen molar-refractivity contribution in [3.05, 3.63) is 0 Å². The number of ether oxygens (including phenoxy) is 1. The number of hydrogen-bond donors (Lipinski definition) is 0. The van der Waals surface area contributed by atoms with Gasteiger partial charge in [-0.3, -0.25) is 0 Å². The highest BCUT2D eigenvalue weighted by molar-refractivity contribution is 5.70. The van der Waals surface area contributed by atoms with Crippen molar-refractivity contribution < 1.29 is 14.0 Å². The first kappa shape index (κ1) is 39.4. The molecule has 0 aliphatic heterocycles. The maximum absolute atomic E-state index is 12.3. The van der Waals surface area contributed by atoms with Gasteiger partial charge in [0.2, 0.25) is 0 Å². The summed E-state index contributed by atoms with van der Waals surface area (Å²) in [7, 11) is 6.17. The lowest BCUT2D eigenvalue weighted by Gasteiger charge is -2.23. The molecule has 0 saturated heterocycles. The first-order valence-electron chi connectivity index (χ1n) is 18.3. The number of carbonyl (C=O) groups is 1. The molecule has 3 heteroatoms. The fourth-order valence-electron chi connectivity index (χ4n) is 5.86. The molecule has 0 bridgehead atoms. The Labute approximate surface area is 253 Å². The minimum atomic E-state index is -0.0341. The molecule has 0 heterocycles. The number of quaternary nitrogens is 1. The summed E-state index contributed by atoms with van der Waals surface area (Å²) in [6, 6.07) is 0. The Balaban J connectivity index is 3.93. The summed E-state index contributed by atoms with van der Waals surface area (Å²) >= 11 is 0. The average Bonchev–Trinajstić information content (AvgIpc) is 2.91. The van der Waals surface area contributed by atoms with E-state index in [1.54, 1.807) is 0 Å².